The molecule has 1 fully saturated rings. The van der Waals surface area contributed by atoms with E-state index in [0.29, 0.717) is 5.23 Å². The average molecular weight is 233 g/mol. The third-order valence-corrected chi connectivity index (χ3v) is 2.73. The topological polar surface area (TPSA) is 132 Å². The lowest BCUT2D eigenvalue weighted by atomic mass is 10.5. The molecule has 10 nitrogen and oxygen atoms in total. The van der Waals surface area contributed by atoms with Gasteiger partial charge in [0.15, 0.2) is 5.82 Å². The molecular weight excluding hydrogens is 229 g/mol. The second-order valence-electron chi connectivity index (χ2n) is 2.71. The summed E-state index contributed by atoms with van der Waals surface area (Å²) in [6.07, 6.45) is 0. The number of hydrogen-bond donors (Lipinski definition) is 3. The lowest BCUT2D eigenvalue weighted by Crippen LogP contribution is -2.38. The average Bonchev–Trinajstić information content (AvgIpc) is 2.13. The first-order chi connectivity index (χ1) is 7.07. The van der Waals surface area contributed by atoms with Crippen molar-refractivity contribution in [2.45, 2.75) is 0 Å². The molecule has 4 heterocycles. The predicted octanol–water partition coefficient (Wildman–Crippen LogP) is -0.500. The fourth-order valence-electron chi connectivity index (χ4n) is 1.03. The first-order valence-electron chi connectivity index (χ1n) is 3.71. The fraction of sp³-hybridized carbons (Fsp3) is 0. The van der Waals surface area contributed by atoms with Crippen LogP contribution in [0.1, 0.15) is 0 Å². The third kappa shape index (κ3) is 1.13. The van der Waals surface area contributed by atoms with E-state index in [9.17, 15) is 9.36 Å². The predicted molar refractivity (Wildman–Crippen MR) is 46.2 cm³/mol. The number of nitrogen functional groups attached to an aromatic ring is 1. The summed E-state index contributed by atoms with van der Waals surface area (Å²) in [5.74, 6) is -0.128. The van der Waals surface area contributed by atoms with Gasteiger partial charge >= 0.3 is 7.82 Å². The second kappa shape index (κ2) is 2.49. The van der Waals surface area contributed by atoms with Gasteiger partial charge in [0.05, 0.1) is 0 Å². The quantitative estimate of drug-likeness (QED) is 0.507. The van der Waals surface area contributed by atoms with Crippen LogP contribution in [0.15, 0.2) is 4.79 Å². The maximum absolute atomic E-state index is 11.3. The summed E-state index contributed by atoms with van der Waals surface area (Å²) in [6.45, 7) is 0. The van der Waals surface area contributed by atoms with Crippen LogP contribution in [0.5, 0.6) is 0 Å². The maximum Gasteiger partial charge on any atom is 0.543 e. The van der Waals surface area contributed by atoms with E-state index >= 15 is 0 Å². The molecule has 0 unspecified atom stereocenters. The highest BCUT2D eigenvalue weighted by atomic mass is 31.2. The largest absolute Gasteiger partial charge is 0.543 e. The van der Waals surface area contributed by atoms with Gasteiger partial charge in [-0.15, -0.1) is 9.25 Å². The number of nitrogens with two attached hydrogens (primary N) is 1. The molecule has 4 rings (SSSR count). The Balaban J connectivity index is 2.18. The number of anilines is 3. The Morgan fingerprint density at radius 1 is 1.47 bits per heavy atom. The molecule has 0 aliphatic carbocycles. The molecule has 0 aromatic carbocycles. The van der Waals surface area contributed by atoms with E-state index in [1.807, 2.05) is 0 Å². The molecule has 4 bridgehead atoms. The van der Waals surface area contributed by atoms with Crippen molar-refractivity contribution < 1.29 is 18.4 Å². The normalized spacial score (nSPS) is 20.9. The smallest absolute Gasteiger partial charge is 0.391 e. The minimum atomic E-state index is -3.62. The lowest BCUT2D eigenvalue weighted by molar-refractivity contribution is -0.0752. The highest BCUT2D eigenvalue weighted by molar-refractivity contribution is 7.49. The SMILES string of the molecule is Nc1c2nc([nH]c1=O)N1OP(=O)(ON2)O1. The standard InChI is InChI=1S/C4H4N5O5P/c5-1-2-6-4(7-3(1)10)9-13-15(11,14-9)12-8-2/h5H2,(H2,6,7,8,10). The molecule has 15 heavy (non-hydrogen) atoms. The van der Waals surface area contributed by atoms with Crippen LogP contribution in [0.4, 0.5) is 17.5 Å². The molecule has 1 saturated heterocycles. The molecule has 4 N–H and O–H groups in total. The van der Waals surface area contributed by atoms with Gasteiger partial charge in [0, 0.05) is 0 Å². The number of H-pyrrole nitrogens is 1. The summed E-state index contributed by atoms with van der Waals surface area (Å²) in [4.78, 5) is 17.3. The van der Waals surface area contributed by atoms with Crippen LogP contribution in [0, 0.1) is 0 Å². The Morgan fingerprint density at radius 3 is 2.93 bits per heavy atom. The zero-order valence-electron chi connectivity index (χ0n) is 6.96. The van der Waals surface area contributed by atoms with E-state index in [1.54, 1.807) is 0 Å². The van der Waals surface area contributed by atoms with Gasteiger partial charge in [-0.05, 0) is 0 Å². The van der Waals surface area contributed by atoms with Crippen molar-refractivity contribution in [1.29, 1.82) is 0 Å². The first-order valence-corrected chi connectivity index (χ1v) is 5.17. The summed E-state index contributed by atoms with van der Waals surface area (Å²) < 4.78 is 25.0. The molecule has 1 aromatic heterocycles. The zero-order chi connectivity index (χ0) is 10.6. The van der Waals surface area contributed by atoms with Crippen LogP contribution in [-0.2, 0) is 18.4 Å². The molecule has 11 heteroatoms. The van der Waals surface area contributed by atoms with Gasteiger partial charge in [0.2, 0.25) is 0 Å². The summed E-state index contributed by atoms with van der Waals surface area (Å²) in [5, 5.41) is 0.673. The molecule has 1 aromatic rings. The number of aromatic nitrogens is 2. The summed E-state index contributed by atoms with van der Waals surface area (Å²) in [6, 6.07) is 0. The fourth-order valence-corrected chi connectivity index (χ4v) is 1.83. The second-order valence-corrected chi connectivity index (χ2v) is 4.12. The highest BCUT2D eigenvalue weighted by Crippen LogP contribution is 2.60. The number of rotatable bonds is 0. The van der Waals surface area contributed by atoms with Gasteiger partial charge in [-0.1, -0.05) is 5.23 Å². The van der Waals surface area contributed by atoms with Crippen LogP contribution in [0.3, 0.4) is 0 Å². The third-order valence-electron chi connectivity index (χ3n) is 1.72. The van der Waals surface area contributed by atoms with Crippen LogP contribution in [0.25, 0.3) is 0 Å². The van der Waals surface area contributed by atoms with Gasteiger partial charge in [0.25, 0.3) is 11.5 Å². The highest BCUT2D eigenvalue weighted by Gasteiger charge is 2.49. The molecule has 80 valence electrons. The number of nitrogens with one attached hydrogen (secondary N) is 2. The van der Waals surface area contributed by atoms with Gasteiger partial charge in [-0.3, -0.25) is 9.78 Å². The van der Waals surface area contributed by atoms with Gasteiger partial charge in [0.1, 0.15) is 5.69 Å². The maximum atomic E-state index is 11.3. The van der Waals surface area contributed by atoms with Gasteiger partial charge < -0.3 is 5.73 Å². The minimum absolute atomic E-state index is 0.0504. The molecule has 0 atom stereocenters. The van der Waals surface area contributed by atoms with E-state index in [-0.39, 0.29) is 17.5 Å². The summed E-state index contributed by atoms with van der Waals surface area (Å²) >= 11 is 0. The number of fused-ring (bicyclic) bond motifs is 1. The van der Waals surface area contributed by atoms with Gasteiger partial charge in [-0.2, -0.15) is 9.61 Å². The number of aromatic amines is 1. The molecule has 0 radical (unpaired) electrons. The van der Waals surface area contributed by atoms with E-state index < -0.39 is 13.4 Å². The van der Waals surface area contributed by atoms with Crippen molar-refractivity contribution in [2.24, 2.45) is 0 Å². The molecular formula is C4H4N5O5P. The van der Waals surface area contributed by atoms with Gasteiger partial charge in [-0.25, -0.2) is 10.0 Å². The van der Waals surface area contributed by atoms with Crippen LogP contribution in [-0.4, -0.2) is 9.97 Å². The Kier molecular flexibility index (Phi) is 1.44. The van der Waals surface area contributed by atoms with Crippen molar-refractivity contribution in [3.05, 3.63) is 10.4 Å². The molecule has 0 amide bonds. The lowest BCUT2D eigenvalue weighted by Gasteiger charge is -2.35. The Hall–Kier alpha value is -1.61. The van der Waals surface area contributed by atoms with Crippen molar-refractivity contribution in [1.82, 2.24) is 9.97 Å². The van der Waals surface area contributed by atoms with E-state index in [0.717, 1.165) is 0 Å². The number of phosphoric acid groups is 1. The molecule has 3 aliphatic rings. The summed E-state index contributed by atoms with van der Waals surface area (Å²) in [5.41, 5.74) is 6.73. The van der Waals surface area contributed by atoms with E-state index in [2.05, 4.69) is 29.3 Å². The Labute approximate surface area is 81.4 Å². The zero-order valence-corrected chi connectivity index (χ0v) is 7.85. The molecule has 3 aliphatic heterocycles. The summed E-state index contributed by atoms with van der Waals surface area (Å²) in [7, 11) is -3.62. The van der Waals surface area contributed by atoms with Crippen LogP contribution < -0.4 is 22.0 Å². The van der Waals surface area contributed by atoms with Crippen LogP contribution in [0.2, 0.25) is 0 Å². The van der Waals surface area contributed by atoms with Crippen molar-refractivity contribution in [3.8, 4) is 0 Å². The Bertz CT molecular complexity index is 531. The van der Waals surface area contributed by atoms with Crippen molar-refractivity contribution >= 4 is 25.3 Å². The van der Waals surface area contributed by atoms with E-state index in [4.69, 9.17) is 5.73 Å². The first kappa shape index (κ1) is 8.68. The molecule has 0 spiro atoms. The molecule has 0 saturated carbocycles. The number of hydrogen-bond acceptors (Lipinski definition) is 9. The number of nitrogens with zero attached hydrogens (tertiary/aromatic N) is 2. The monoisotopic (exact) mass is 233 g/mol. The van der Waals surface area contributed by atoms with Crippen molar-refractivity contribution in [3.63, 3.8) is 0 Å². The van der Waals surface area contributed by atoms with Crippen molar-refractivity contribution in [2.75, 3.05) is 16.4 Å². The Morgan fingerprint density at radius 2 is 2.20 bits per heavy atom. The van der Waals surface area contributed by atoms with E-state index in [1.165, 1.54) is 0 Å². The minimum Gasteiger partial charge on any atom is -0.391 e. The van der Waals surface area contributed by atoms with Crippen LogP contribution >= 0.6 is 7.82 Å².